The van der Waals surface area contributed by atoms with Crippen LogP contribution in [-0.2, 0) is 23.1 Å². The van der Waals surface area contributed by atoms with Crippen molar-refractivity contribution in [2.24, 2.45) is 0 Å². The van der Waals surface area contributed by atoms with Gasteiger partial charge in [0, 0.05) is 13.2 Å². The summed E-state index contributed by atoms with van der Waals surface area (Å²) in [7, 11) is -1.68. The molecule has 0 saturated heterocycles. The molecule has 1 atom stereocenters. The van der Waals surface area contributed by atoms with Crippen molar-refractivity contribution in [3.8, 4) is 0 Å². The van der Waals surface area contributed by atoms with E-state index in [1.165, 1.54) is 7.11 Å². The number of hydrogen-bond donors (Lipinski definition) is 1. The molecule has 6 nitrogen and oxygen atoms in total. The average Bonchev–Trinajstić information content (AvgIpc) is 2.15. The molecule has 0 aliphatic heterocycles. The molecular formula is C7H13O6P. The summed E-state index contributed by atoms with van der Waals surface area (Å²) in [6.07, 6.45) is 1.16. The van der Waals surface area contributed by atoms with Crippen molar-refractivity contribution in [3.63, 3.8) is 0 Å². The predicted molar refractivity (Wildman–Crippen MR) is 48.6 cm³/mol. The Morgan fingerprint density at radius 3 is 2.50 bits per heavy atom. The first kappa shape index (κ1) is 13.3. The van der Waals surface area contributed by atoms with Gasteiger partial charge in [-0.25, -0.2) is 9.36 Å². The molecule has 0 fully saturated rings. The standard InChI is InChI=1S/C7H13O6P/c1-6(4-7(8)11-2)5-13-14(9,10)12-3/h4H,5H2,1-3H3,(H,9,10)/b6-4+. The van der Waals surface area contributed by atoms with E-state index in [0.717, 1.165) is 13.2 Å². The zero-order valence-electron chi connectivity index (χ0n) is 8.22. The molecule has 0 aromatic rings. The first-order valence-electron chi connectivity index (χ1n) is 3.69. The molecule has 0 saturated carbocycles. The van der Waals surface area contributed by atoms with Crippen LogP contribution in [0, 0.1) is 0 Å². The highest BCUT2D eigenvalue weighted by Gasteiger charge is 2.18. The average molecular weight is 224 g/mol. The molecule has 14 heavy (non-hydrogen) atoms. The second-order valence-corrected chi connectivity index (χ2v) is 4.00. The highest BCUT2D eigenvalue weighted by atomic mass is 31.2. The van der Waals surface area contributed by atoms with E-state index in [1.807, 2.05) is 0 Å². The molecular weight excluding hydrogens is 211 g/mol. The second kappa shape index (κ2) is 5.93. The molecule has 1 unspecified atom stereocenters. The van der Waals surface area contributed by atoms with E-state index in [0.29, 0.717) is 5.57 Å². The fourth-order valence-electron chi connectivity index (χ4n) is 0.538. The Kier molecular flexibility index (Phi) is 5.64. The summed E-state index contributed by atoms with van der Waals surface area (Å²) < 4.78 is 23.8. The van der Waals surface area contributed by atoms with Crippen LogP contribution in [-0.4, -0.2) is 31.7 Å². The largest absolute Gasteiger partial charge is 0.472 e. The fraction of sp³-hybridized carbons (Fsp3) is 0.571. The van der Waals surface area contributed by atoms with E-state index in [9.17, 15) is 9.36 Å². The van der Waals surface area contributed by atoms with Crippen molar-refractivity contribution in [2.45, 2.75) is 6.92 Å². The van der Waals surface area contributed by atoms with E-state index in [4.69, 9.17) is 4.89 Å². The normalized spacial score (nSPS) is 16.1. The fourth-order valence-corrected chi connectivity index (χ4v) is 1.01. The van der Waals surface area contributed by atoms with Crippen LogP contribution in [0.25, 0.3) is 0 Å². The van der Waals surface area contributed by atoms with Crippen LogP contribution in [0.5, 0.6) is 0 Å². The van der Waals surface area contributed by atoms with E-state index < -0.39 is 13.8 Å². The van der Waals surface area contributed by atoms with E-state index in [2.05, 4.69) is 13.8 Å². The van der Waals surface area contributed by atoms with Gasteiger partial charge in [-0.15, -0.1) is 0 Å². The summed E-state index contributed by atoms with van der Waals surface area (Å²) in [5.74, 6) is -0.545. The first-order valence-corrected chi connectivity index (χ1v) is 5.19. The van der Waals surface area contributed by atoms with Gasteiger partial charge in [0.2, 0.25) is 0 Å². The van der Waals surface area contributed by atoms with Crippen LogP contribution in [0.4, 0.5) is 0 Å². The molecule has 0 bridgehead atoms. The number of phosphoric acid groups is 1. The predicted octanol–water partition coefficient (Wildman–Crippen LogP) is 0.869. The van der Waals surface area contributed by atoms with Gasteiger partial charge in [-0.3, -0.25) is 9.05 Å². The lowest BCUT2D eigenvalue weighted by molar-refractivity contribution is -0.134. The number of esters is 1. The lowest BCUT2D eigenvalue weighted by Gasteiger charge is -2.08. The summed E-state index contributed by atoms with van der Waals surface area (Å²) >= 11 is 0. The van der Waals surface area contributed by atoms with Gasteiger partial charge in [-0.05, 0) is 12.5 Å². The number of methoxy groups -OCH3 is 1. The van der Waals surface area contributed by atoms with Crippen LogP contribution in [0.15, 0.2) is 11.6 Å². The Morgan fingerprint density at radius 1 is 1.50 bits per heavy atom. The van der Waals surface area contributed by atoms with Gasteiger partial charge < -0.3 is 9.63 Å². The maximum absolute atomic E-state index is 10.8. The van der Waals surface area contributed by atoms with Crippen LogP contribution >= 0.6 is 7.82 Å². The Bertz CT molecular complexity index is 271. The Hall–Kier alpha value is -0.680. The van der Waals surface area contributed by atoms with E-state index in [-0.39, 0.29) is 6.61 Å². The molecule has 1 N–H and O–H groups in total. The number of hydrogen-bond acceptors (Lipinski definition) is 5. The van der Waals surface area contributed by atoms with Crippen molar-refractivity contribution in [1.29, 1.82) is 0 Å². The van der Waals surface area contributed by atoms with Crippen LogP contribution < -0.4 is 0 Å². The second-order valence-electron chi connectivity index (χ2n) is 2.44. The van der Waals surface area contributed by atoms with E-state index >= 15 is 0 Å². The van der Waals surface area contributed by atoms with Gasteiger partial charge in [0.15, 0.2) is 0 Å². The summed E-state index contributed by atoms with van der Waals surface area (Å²) in [4.78, 5) is 19.5. The minimum atomic E-state index is -3.97. The molecule has 0 amide bonds. The van der Waals surface area contributed by atoms with Crippen LogP contribution in [0.2, 0.25) is 0 Å². The molecule has 0 spiro atoms. The monoisotopic (exact) mass is 224 g/mol. The number of carbonyl (C=O) groups is 1. The number of phosphoric ester groups is 1. The zero-order chi connectivity index (χ0) is 11.2. The quantitative estimate of drug-likeness (QED) is 0.424. The SMILES string of the molecule is COC(=O)/C=C(\C)COP(=O)(O)OC. The molecule has 0 aliphatic rings. The lowest BCUT2D eigenvalue weighted by atomic mass is 10.3. The highest BCUT2D eigenvalue weighted by Crippen LogP contribution is 2.42. The molecule has 0 aliphatic carbocycles. The minimum absolute atomic E-state index is 0.170. The smallest absolute Gasteiger partial charge is 0.466 e. The number of carbonyl (C=O) groups excluding carboxylic acids is 1. The third-order valence-corrected chi connectivity index (χ3v) is 2.17. The Morgan fingerprint density at radius 2 is 2.07 bits per heavy atom. The molecule has 0 radical (unpaired) electrons. The van der Waals surface area contributed by atoms with Gasteiger partial charge in [-0.2, -0.15) is 0 Å². The number of rotatable bonds is 5. The van der Waals surface area contributed by atoms with Gasteiger partial charge in [0.1, 0.15) is 0 Å². The first-order chi connectivity index (χ1) is 6.41. The molecule has 82 valence electrons. The molecule has 0 heterocycles. The Balaban J connectivity index is 4.09. The third-order valence-electron chi connectivity index (χ3n) is 1.25. The van der Waals surface area contributed by atoms with Crippen molar-refractivity contribution in [2.75, 3.05) is 20.8 Å². The van der Waals surface area contributed by atoms with Crippen molar-refractivity contribution in [1.82, 2.24) is 0 Å². The summed E-state index contributed by atoms with van der Waals surface area (Å²) in [5, 5.41) is 0. The molecule has 7 heteroatoms. The van der Waals surface area contributed by atoms with Gasteiger partial charge in [-0.1, -0.05) is 0 Å². The minimum Gasteiger partial charge on any atom is -0.466 e. The summed E-state index contributed by atoms with van der Waals surface area (Å²) in [6, 6.07) is 0. The van der Waals surface area contributed by atoms with Gasteiger partial charge in [0.25, 0.3) is 0 Å². The topological polar surface area (TPSA) is 82.1 Å². The molecule has 0 rings (SSSR count). The highest BCUT2D eigenvalue weighted by molar-refractivity contribution is 7.47. The van der Waals surface area contributed by atoms with E-state index in [1.54, 1.807) is 6.92 Å². The van der Waals surface area contributed by atoms with Gasteiger partial charge >= 0.3 is 13.8 Å². The van der Waals surface area contributed by atoms with Gasteiger partial charge in [0.05, 0.1) is 13.7 Å². The maximum atomic E-state index is 10.8. The summed E-state index contributed by atoms with van der Waals surface area (Å²) in [5.41, 5.74) is 0.461. The Labute approximate surface area is 82.1 Å². The molecule has 0 aromatic carbocycles. The maximum Gasteiger partial charge on any atom is 0.472 e. The lowest BCUT2D eigenvalue weighted by Crippen LogP contribution is -2.00. The van der Waals surface area contributed by atoms with Crippen molar-refractivity contribution in [3.05, 3.63) is 11.6 Å². The third kappa shape index (κ3) is 5.88. The number of ether oxygens (including phenoxy) is 1. The summed E-state index contributed by atoms with van der Waals surface area (Å²) in [6.45, 7) is 1.39. The van der Waals surface area contributed by atoms with Crippen molar-refractivity contribution < 1.29 is 28.0 Å². The molecule has 0 aromatic heterocycles. The zero-order valence-corrected chi connectivity index (χ0v) is 9.11. The van der Waals surface area contributed by atoms with Crippen LogP contribution in [0.3, 0.4) is 0 Å². The van der Waals surface area contributed by atoms with Crippen LogP contribution in [0.1, 0.15) is 6.92 Å². The van der Waals surface area contributed by atoms with Crippen molar-refractivity contribution >= 4 is 13.8 Å².